The monoisotopic (exact) mass is 258 g/mol. The summed E-state index contributed by atoms with van der Waals surface area (Å²) in [7, 11) is 0. The molecule has 0 heterocycles. The number of aryl methyl sites for hydroxylation is 1. The van der Waals surface area contributed by atoms with Crippen molar-refractivity contribution in [3.63, 3.8) is 0 Å². The van der Waals surface area contributed by atoms with Crippen LogP contribution in [0.3, 0.4) is 0 Å². The number of hydrogen-bond acceptors (Lipinski definition) is 0. The molecule has 0 amide bonds. The lowest BCUT2D eigenvalue weighted by Gasteiger charge is -2.09. The van der Waals surface area contributed by atoms with Crippen molar-refractivity contribution in [2.75, 3.05) is 0 Å². The molecule has 0 spiro atoms. The summed E-state index contributed by atoms with van der Waals surface area (Å²) < 4.78 is 0. The Hall–Kier alpha value is -1.04. The van der Waals surface area contributed by atoms with E-state index in [1.165, 1.54) is 74.5 Å². The van der Waals surface area contributed by atoms with Gasteiger partial charge in [0.1, 0.15) is 0 Å². The average Bonchev–Trinajstić information content (AvgIpc) is 2.43. The maximum atomic E-state index is 3.92. The Bertz CT molecular complexity index is 362. The van der Waals surface area contributed by atoms with Crippen LogP contribution >= 0.6 is 0 Å². The van der Waals surface area contributed by atoms with Gasteiger partial charge in [-0.1, -0.05) is 82.7 Å². The predicted octanol–water partition coefficient (Wildman–Crippen LogP) is 6.32. The van der Waals surface area contributed by atoms with Gasteiger partial charge in [0.25, 0.3) is 0 Å². The summed E-state index contributed by atoms with van der Waals surface area (Å²) in [6.07, 6.45) is 14.3. The van der Waals surface area contributed by atoms with Crippen LogP contribution in [-0.2, 0) is 6.42 Å². The van der Waals surface area contributed by atoms with Crippen molar-refractivity contribution in [1.29, 1.82) is 0 Å². The van der Waals surface area contributed by atoms with Crippen LogP contribution < -0.4 is 0 Å². The zero-order chi connectivity index (χ0) is 13.9. The largest absolute Gasteiger partial charge is 0.0985 e. The highest BCUT2D eigenvalue weighted by Gasteiger charge is 2.02. The third kappa shape index (κ3) is 6.09. The zero-order valence-electron chi connectivity index (χ0n) is 12.9. The standard InChI is InChI=1S/C19H30/c1-4-6-7-8-9-10-11-12-16-19-17(3)14-13-15-18(19)5-2/h5,13-15H,2,4,6-12,16H2,1,3H3. The molecule has 0 bridgehead atoms. The van der Waals surface area contributed by atoms with E-state index in [0.717, 1.165) is 0 Å². The van der Waals surface area contributed by atoms with Gasteiger partial charge >= 0.3 is 0 Å². The average molecular weight is 258 g/mol. The second-order valence-electron chi connectivity index (χ2n) is 5.57. The fraction of sp³-hybridized carbons (Fsp3) is 0.579. The summed E-state index contributed by atoms with van der Waals surface area (Å²) in [6.45, 7) is 8.41. The van der Waals surface area contributed by atoms with Gasteiger partial charge in [-0.3, -0.25) is 0 Å². The Morgan fingerprint density at radius 2 is 1.58 bits per heavy atom. The Labute approximate surface area is 119 Å². The van der Waals surface area contributed by atoms with Crippen molar-refractivity contribution in [2.24, 2.45) is 0 Å². The van der Waals surface area contributed by atoms with Gasteiger partial charge in [0.05, 0.1) is 0 Å². The van der Waals surface area contributed by atoms with Crippen molar-refractivity contribution >= 4 is 6.08 Å². The Balaban J connectivity index is 2.21. The number of rotatable bonds is 10. The van der Waals surface area contributed by atoms with E-state index < -0.39 is 0 Å². The Morgan fingerprint density at radius 3 is 2.21 bits per heavy atom. The third-order valence-corrected chi connectivity index (χ3v) is 3.95. The maximum Gasteiger partial charge on any atom is -0.0228 e. The first-order chi connectivity index (χ1) is 9.29. The molecule has 0 N–H and O–H groups in total. The van der Waals surface area contributed by atoms with Gasteiger partial charge in [0.2, 0.25) is 0 Å². The molecule has 0 saturated heterocycles. The van der Waals surface area contributed by atoms with Crippen LogP contribution in [0.25, 0.3) is 6.08 Å². The molecule has 0 aliphatic heterocycles. The Kier molecular flexibility index (Phi) is 8.29. The SMILES string of the molecule is C=Cc1cccc(C)c1CCCCCCCCCC. The summed E-state index contributed by atoms with van der Waals surface area (Å²) in [5.74, 6) is 0. The first-order valence-corrected chi connectivity index (χ1v) is 8.00. The molecule has 0 heteroatoms. The van der Waals surface area contributed by atoms with E-state index in [1.54, 1.807) is 0 Å². The highest BCUT2D eigenvalue weighted by atomic mass is 14.1. The van der Waals surface area contributed by atoms with Crippen molar-refractivity contribution in [2.45, 2.75) is 71.6 Å². The molecule has 0 saturated carbocycles. The smallest absolute Gasteiger partial charge is 0.0228 e. The maximum absolute atomic E-state index is 3.92. The molecule has 0 aromatic heterocycles. The van der Waals surface area contributed by atoms with Crippen molar-refractivity contribution in [1.82, 2.24) is 0 Å². The van der Waals surface area contributed by atoms with E-state index in [0.29, 0.717) is 0 Å². The summed E-state index contributed by atoms with van der Waals surface area (Å²) in [4.78, 5) is 0. The summed E-state index contributed by atoms with van der Waals surface area (Å²) in [6, 6.07) is 6.52. The first kappa shape index (κ1) is 16.0. The second-order valence-corrected chi connectivity index (χ2v) is 5.57. The lowest BCUT2D eigenvalue weighted by molar-refractivity contribution is 0.575. The molecular weight excluding hydrogens is 228 g/mol. The molecule has 1 aromatic carbocycles. The van der Waals surface area contributed by atoms with Crippen LogP contribution in [-0.4, -0.2) is 0 Å². The van der Waals surface area contributed by atoms with Crippen LogP contribution in [0.5, 0.6) is 0 Å². The summed E-state index contributed by atoms with van der Waals surface area (Å²) >= 11 is 0. The van der Waals surface area contributed by atoms with Gasteiger partial charge in [-0.2, -0.15) is 0 Å². The summed E-state index contributed by atoms with van der Waals surface area (Å²) in [5.41, 5.74) is 4.24. The van der Waals surface area contributed by atoms with E-state index >= 15 is 0 Å². The van der Waals surface area contributed by atoms with E-state index in [9.17, 15) is 0 Å². The first-order valence-electron chi connectivity index (χ1n) is 8.00. The van der Waals surface area contributed by atoms with Crippen molar-refractivity contribution in [3.8, 4) is 0 Å². The quantitative estimate of drug-likeness (QED) is 0.431. The number of hydrogen-bond donors (Lipinski definition) is 0. The molecule has 0 fully saturated rings. The highest BCUT2D eigenvalue weighted by molar-refractivity contribution is 5.54. The van der Waals surface area contributed by atoms with Gasteiger partial charge in [0, 0.05) is 0 Å². The minimum Gasteiger partial charge on any atom is -0.0985 e. The van der Waals surface area contributed by atoms with Crippen LogP contribution in [0, 0.1) is 6.92 Å². The zero-order valence-corrected chi connectivity index (χ0v) is 12.9. The molecular formula is C19H30. The van der Waals surface area contributed by atoms with Crippen LogP contribution in [0.1, 0.15) is 75.0 Å². The molecule has 0 nitrogen and oxygen atoms in total. The molecule has 0 aliphatic carbocycles. The summed E-state index contributed by atoms with van der Waals surface area (Å²) in [5, 5.41) is 0. The van der Waals surface area contributed by atoms with E-state index in [1.807, 2.05) is 6.08 Å². The third-order valence-electron chi connectivity index (χ3n) is 3.95. The van der Waals surface area contributed by atoms with Gasteiger partial charge in [-0.15, -0.1) is 0 Å². The van der Waals surface area contributed by atoms with Crippen LogP contribution in [0.2, 0.25) is 0 Å². The molecule has 1 rings (SSSR count). The normalized spacial score (nSPS) is 10.6. The molecule has 19 heavy (non-hydrogen) atoms. The molecule has 0 aliphatic rings. The fourth-order valence-electron chi connectivity index (χ4n) is 2.69. The van der Waals surface area contributed by atoms with Crippen LogP contribution in [0.15, 0.2) is 24.8 Å². The molecule has 106 valence electrons. The van der Waals surface area contributed by atoms with Crippen molar-refractivity contribution < 1.29 is 0 Å². The lowest BCUT2D eigenvalue weighted by atomic mass is 9.96. The molecule has 0 radical (unpaired) electrons. The second kappa shape index (κ2) is 9.83. The molecule has 0 atom stereocenters. The minimum absolute atomic E-state index is 1.21. The predicted molar refractivity (Wildman–Crippen MR) is 87.6 cm³/mol. The lowest BCUT2D eigenvalue weighted by Crippen LogP contribution is -1.94. The van der Waals surface area contributed by atoms with E-state index in [-0.39, 0.29) is 0 Å². The molecule has 0 unspecified atom stereocenters. The topological polar surface area (TPSA) is 0 Å². The van der Waals surface area contributed by atoms with Crippen LogP contribution in [0.4, 0.5) is 0 Å². The molecule has 1 aromatic rings. The van der Waals surface area contributed by atoms with Crippen molar-refractivity contribution in [3.05, 3.63) is 41.5 Å². The minimum atomic E-state index is 1.21. The van der Waals surface area contributed by atoms with Gasteiger partial charge in [0.15, 0.2) is 0 Å². The number of unbranched alkanes of at least 4 members (excludes halogenated alkanes) is 7. The fourth-order valence-corrected chi connectivity index (χ4v) is 2.69. The van der Waals surface area contributed by atoms with Gasteiger partial charge < -0.3 is 0 Å². The highest BCUT2D eigenvalue weighted by Crippen LogP contribution is 2.19. The van der Waals surface area contributed by atoms with Gasteiger partial charge in [-0.05, 0) is 36.5 Å². The van der Waals surface area contributed by atoms with E-state index in [2.05, 4.69) is 38.6 Å². The Morgan fingerprint density at radius 1 is 0.947 bits per heavy atom. The van der Waals surface area contributed by atoms with E-state index in [4.69, 9.17) is 0 Å². The van der Waals surface area contributed by atoms with Gasteiger partial charge in [-0.25, -0.2) is 0 Å². The number of benzene rings is 1.